The number of carbonyl (C=O) groups excluding carboxylic acids is 2. The number of nitrogens with zero attached hydrogens (tertiary/aromatic N) is 3. The molecule has 4 rings (SSSR count). The first-order chi connectivity index (χ1) is 13.1. The van der Waals surface area contributed by atoms with Crippen molar-refractivity contribution in [1.29, 1.82) is 0 Å². The Balaban J connectivity index is 1.29. The van der Waals surface area contributed by atoms with Crippen LogP contribution in [0.1, 0.15) is 36.3 Å². The van der Waals surface area contributed by atoms with Crippen LogP contribution in [0.2, 0.25) is 0 Å². The number of urea groups is 1. The Hall–Kier alpha value is -2.89. The quantitative estimate of drug-likeness (QED) is 0.910. The first-order valence-electron chi connectivity index (χ1n) is 9.41. The Bertz CT molecular complexity index is 816. The zero-order chi connectivity index (χ0) is 18.8. The van der Waals surface area contributed by atoms with Crippen LogP contribution >= 0.6 is 0 Å². The fourth-order valence-corrected chi connectivity index (χ4v) is 3.83. The van der Waals surface area contributed by atoms with E-state index in [0.717, 1.165) is 38.3 Å². The van der Waals surface area contributed by atoms with E-state index in [1.54, 1.807) is 13.1 Å². The Kier molecular flexibility index (Phi) is 4.79. The summed E-state index contributed by atoms with van der Waals surface area (Å²) < 4.78 is 0. The van der Waals surface area contributed by atoms with Crippen molar-refractivity contribution in [3.63, 3.8) is 0 Å². The van der Waals surface area contributed by atoms with Crippen LogP contribution in [0, 0.1) is 0 Å². The zero-order valence-corrected chi connectivity index (χ0v) is 15.5. The van der Waals surface area contributed by atoms with E-state index in [4.69, 9.17) is 0 Å². The summed E-state index contributed by atoms with van der Waals surface area (Å²) in [5.41, 5.74) is 3.20. The smallest absolute Gasteiger partial charge is 0.321 e. The third-order valence-corrected chi connectivity index (χ3v) is 5.59. The van der Waals surface area contributed by atoms with Gasteiger partial charge in [-0.05, 0) is 35.7 Å². The van der Waals surface area contributed by atoms with Gasteiger partial charge in [-0.3, -0.25) is 9.78 Å². The Morgan fingerprint density at radius 3 is 2.37 bits per heavy atom. The van der Waals surface area contributed by atoms with Gasteiger partial charge < -0.3 is 15.1 Å². The lowest BCUT2D eigenvalue weighted by atomic mass is 9.93. The summed E-state index contributed by atoms with van der Waals surface area (Å²) in [7, 11) is 0. The lowest BCUT2D eigenvalue weighted by Crippen LogP contribution is -2.50. The molecule has 1 aromatic heterocycles. The minimum Gasteiger partial charge on any atom is -0.342 e. The van der Waals surface area contributed by atoms with Crippen molar-refractivity contribution in [2.75, 3.05) is 31.5 Å². The molecule has 27 heavy (non-hydrogen) atoms. The normalized spacial score (nSPS) is 19.7. The van der Waals surface area contributed by atoms with Gasteiger partial charge in [0.2, 0.25) is 5.91 Å². The van der Waals surface area contributed by atoms with E-state index in [2.05, 4.69) is 28.5 Å². The second-order valence-electron chi connectivity index (χ2n) is 7.39. The molecule has 2 saturated heterocycles. The molecule has 1 N–H and O–H groups in total. The number of amides is 3. The first kappa shape index (κ1) is 17.5. The number of nitrogens with one attached hydrogen (secondary N) is 1. The number of benzene rings is 1. The number of hydrogen-bond donors (Lipinski definition) is 1. The van der Waals surface area contributed by atoms with Gasteiger partial charge in [0.15, 0.2) is 0 Å². The summed E-state index contributed by atoms with van der Waals surface area (Å²) in [6, 6.07) is 11.9. The van der Waals surface area contributed by atoms with Crippen LogP contribution in [0.15, 0.2) is 48.8 Å². The monoisotopic (exact) mass is 364 g/mol. The van der Waals surface area contributed by atoms with E-state index in [1.807, 2.05) is 34.2 Å². The van der Waals surface area contributed by atoms with E-state index in [-0.39, 0.29) is 11.9 Å². The van der Waals surface area contributed by atoms with Crippen molar-refractivity contribution >= 4 is 17.6 Å². The van der Waals surface area contributed by atoms with E-state index >= 15 is 0 Å². The minimum absolute atomic E-state index is 0.0634. The molecule has 1 unspecified atom stereocenters. The summed E-state index contributed by atoms with van der Waals surface area (Å²) >= 11 is 0. The van der Waals surface area contributed by atoms with Gasteiger partial charge in [0.25, 0.3) is 0 Å². The third kappa shape index (κ3) is 3.79. The second kappa shape index (κ2) is 7.39. The average molecular weight is 364 g/mol. The molecule has 0 aliphatic carbocycles. The van der Waals surface area contributed by atoms with Gasteiger partial charge in [-0.15, -0.1) is 0 Å². The fourth-order valence-electron chi connectivity index (χ4n) is 3.83. The SMILES string of the molecule is CC(=O)N1CCC(c2ccc(NC(=O)N3CC(c4cccnc4)C3)cc2)C1. The van der Waals surface area contributed by atoms with Crippen LogP contribution in [0.4, 0.5) is 10.5 Å². The number of hydrogen-bond acceptors (Lipinski definition) is 3. The van der Waals surface area contributed by atoms with E-state index < -0.39 is 0 Å². The molecule has 1 atom stereocenters. The molecule has 2 aromatic rings. The molecule has 2 aliphatic heterocycles. The van der Waals surface area contributed by atoms with Crippen LogP contribution in [0.5, 0.6) is 0 Å². The van der Waals surface area contributed by atoms with Gasteiger partial charge in [0.05, 0.1) is 0 Å². The molecule has 3 heterocycles. The molecule has 0 radical (unpaired) electrons. The van der Waals surface area contributed by atoms with Gasteiger partial charge in [-0.25, -0.2) is 4.79 Å². The van der Waals surface area contributed by atoms with Crippen LogP contribution in [-0.4, -0.2) is 52.9 Å². The van der Waals surface area contributed by atoms with Crippen LogP contribution < -0.4 is 5.32 Å². The van der Waals surface area contributed by atoms with Crippen molar-refractivity contribution in [3.8, 4) is 0 Å². The molecule has 6 nitrogen and oxygen atoms in total. The predicted molar refractivity (Wildman–Crippen MR) is 104 cm³/mol. The zero-order valence-electron chi connectivity index (χ0n) is 15.5. The van der Waals surface area contributed by atoms with Gasteiger partial charge in [0, 0.05) is 63.0 Å². The molecule has 2 fully saturated rings. The molecule has 1 aromatic carbocycles. The molecule has 6 heteroatoms. The largest absolute Gasteiger partial charge is 0.342 e. The molecule has 3 amide bonds. The van der Waals surface area contributed by atoms with Crippen molar-refractivity contribution < 1.29 is 9.59 Å². The molecular formula is C21H24N4O2. The fraction of sp³-hybridized carbons (Fsp3) is 0.381. The van der Waals surface area contributed by atoms with Crippen LogP contribution in [-0.2, 0) is 4.79 Å². The standard InChI is InChI=1S/C21H24N4O2/c1-15(26)24-10-8-18(12-24)16-4-6-20(7-5-16)23-21(27)25-13-19(14-25)17-3-2-9-22-11-17/h2-7,9,11,18-19H,8,10,12-14H2,1H3,(H,23,27). The number of anilines is 1. The Morgan fingerprint density at radius 2 is 1.74 bits per heavy atom. The number of aromatic nitrogens is 1. The third-order valence-electron chi connectivity index (χ3n) is 5.59. The first-order valence-corrected chi connectivity index (χ1v) is 9.41. The molecule has 0 saturated carbocycles. The highest BCUT2D eigenvalue weighted by atomic mass is 16.2. The van der Waals surface area contributed by atoms with Crippen LogP contribution in [0.25, 0.3) is 0 Å². The van der Waals surface area contributed by atoms with Crippen molar-refractivity contribution in [3.05, 3.63) is 59.9 Å². The molecule has 0 bridgehead atoms. The second-order valence-corrected chi connectivity index (χ2v) is 7.39. The summed E-state index contributed by atoms with van der Waals surface area (Å²) in [6.45, 7) is 4.67. The van der Waals surface area contributed by atoms with Crippen molar-refractivity contribution in [2.45, 2.75) is 25.2 Å². The van der Waals surface area contributed by atoms with Gasteiger partial charge in [0.1, 0.15) is 0 Å². The molecule has 2 aliphatic rings. The summed E-state index contributed by atoms with van der Waals surface area (Å²) in [5, 5.41) is 2.97. The molecular weight excluding hydrogens is 340 g/mol. The minimum atomic E-state index is -0.0634. The average Bonchev–Trinajstić information content (AvgIpc) is 3.12. The van der Waals surface area contributed by atoms with Crippen LogP contribution in [0.3, 0.4) is 0 Å². The molecule has 140 valence electrons. The maximum atomic E-state index is 12.4. The maximum absolute atomic E-state index is 12.4. The van der Waals surface area contributed by atoms with E-state index in [0.29, 0.717) is 11.8 Å². The summed E-state index contributed by atoms with van der Waals surface area (Å²) in [6.07, 6.45) is 4.63. The van der Waals surface area contributed by atoms with Gasteiger partial charge in [-0.1, -0.05) is 18.2 Å². The number of likely N-dealkylation sites (tertiary alicyclic amines) is 2. The lowest BCUT2D eigenvalue weighted by Gasteiger charge is -2.39. The van der Waals surface area contributed by atoms with Gasteiger partial charge in [-0.2, -0.15) is 0 Å². The highest BCUT2D eigenvalue weighted by molar-refractivity contribution is 5.90. The van der Waals surface area contributed by atoms with Crippen molar-refractivity contribution in [1.82, 2.24) is 14.8 Å². The molecule has 0 spiro atoms. The number of carbonyl (C=O) groups is 2. The summed E-state index contributed by atoms with van der Waals surface area (Å²) in [4.78, 5) is 31.7. The Morgan fingerprint density at radius 1 is 1.00 bits per heavy atom. The van der Waals surface area contributed by atoms with Crippen molar-refractivity contribution in [2.24, 2.45) is 0 Å². The van der Waals surface area contributed by atoms with E-state index in [1.165, 1.54) is 11.1 Å². The topological polar surface area (TPSA) is 65.5 Å². The van der Waals surface area contributed by atoms with Gasteiger partial charge >= 0.3 is 6.03 Å². The van der Waals surface area contributed by atoms with E-state index in [9.17, 15) is 9.59 Å². The number of pyridine rings is 1. The number of rotatable bonds is 3. The highest BCUT2D eigenvalue weighted by Crippen LogP contribution is 2.29. The highest BCUT2D eigenvalue weighted by Gasteiger charge is 2.32. The predicted octanol–water partition coefficient (Wildman–Crippen LogP) is 3.05. The lowest BCUT2D eigenvalue weighted by molar-refractivity contribution is -0.127. The Labute approximate surface area is 159 Å². The maximum Gasteiger partial charge on any atom is 0.321 e. The summed E-state index contributed by atoms with van der Waals surface area (Å²) in [5.74, 6) is 0.896.